The molecule has 4 rings (SSSR count). The third-order valence-corrected chi connectivity index (χ3v) is 5.91. The second-order valence-corrected chi connectivity index (χ2v) is 7.88. The number of rotatable bonds is 5. The minimum atomic E-state index is -0.445. The molecule has 2 aromatic rings. The quantitative estimate of drug-likeness (QED) is 0.737. The van der Waals surface area contributed by atoms with Crippen molar-refractivity contribution in [3.05, 3.63) is 53.1 Å². The Morgan fingerprint density at radius 3 is 2.81 bits per heavy atom. The van der Waals surface area contributed by atoms with Crippen molar-refractivity contribution in [2.24, 2.45) is 0 Å². The molecule has 31 heavy (non-hydrogen) atoms. The number of para-hydroxylation sites is 1. The molecule has 2 aliphatic rings. The first kappa shape index (κ1) is 21.2. The molecule has 2 aliphatic heterocycles. The standard InChI is InChI=1S/C23H28N4O4/c1-3-30-20(28)15-25-19-7-5-4-6-18(19)22(29)27-11-9-23(10-12-27)21-17(8-13-31-23)14-24-16(2)26-21/h4-7,14,25H,3,8-13,15H2,1-2H3. The van der Waals surface area contributed by atoms with Gasteiger partial charge in [0.1, 0.15) is 18.0 Å². The molecule has 0 atom stereocenters. The lowest BCUT2D eigenvalue weighted by Gasteiger charge is -2.44. The van der Waals surface area contributed by atoms with Crippen LogP contribution in [0.1, 0.15) is 47.2 Å². The number of esters is 1. The van der Waals surface area contributed by atoms with Gasteiger partial charge in [0.15, 0.2) is 0 Å². The molecule has 1 aromatic carbocycles. The van der Waals surface area contributed by atoms with Crippen molar-refractivity contribution in [2.45, 2.75) is 38.7 Å². The van der Waals surface area contributed by atoms with Crippen LogP contribution in [0.15, 0.2) is 30.5 Å². The highest BCUT2D eigenvalue weighted by atomic mass is 16.5. The highest BCUT2D eigenvalue weighted by Gasteiger charge is 2.43. The van der Waals surface area contributed by atoms with Crippen molar-refractivity contribution in [1.29, 1.82) is 0 Å². The van der Waals surface area contributed by atoms with Gasteiger partial charge in [-0.15, -0.1) is 0 Å². The van der Waals surface area contributed by atoms with E-state index in [1.54, 1.807) is 19.1 Å². The van der Waals surface area contributed by atoms with Gasteiger partial charge in [0.25, 0.3) is 5.91 Å². The topological polar surface area (TPSA) is 93.7 Å². The summed E-state index contributed by atoms with van der Waals surface area (Å²) in [6.45, 7) is 5.80. The molecule has 1 aromatic heterocycles. The van der Waals surface area contributed by atoms with E-state index in [2.05, 4.69) is 10.3 Å². The van der Waals surface area contributed by atoms with Crippen LogP contribution in [-0.4, -0.2) is 59.6 Å². The molecule has 3 heterocycles. The monoisotopic (exact) mass is 424 g/mol. The van der Waals surface area contributed by atoms with Gasteiger partial charge in [-0.1, -0.05) is 12.1 Å². The van der Waals surface area contributed by atoms with Crippen LogP contribution in [0.25, 0.3) is 0 Å². The molecule has 8 nitrogen and oxygen atoms in total. The summed E-state index contributed by atoms with van der Waals surface area (Å²) < 4.78 is 11.2. The van der Waals surface area contributed by atoms with Crippen LogP contribution in [0.3, 0.4) is 0 Å². The molecule has 0 aliphatic carbocycles. The first-order chi connectivity index (χ1) is 15.0. The molecule has 1 saturated heterocycles. The lowest BCUT2D eigenvalue weighted by Crippen LogP contribution is -2.49. The number of carbonyl (C=O) groups is 2. The minimum absolute atomic E-state index is 0.0188. The number of carbonyl (C=O) groups excluding carboxylic acids is 2. The largest absolute Gasteiger partial charge is 0.465 e. The van der Waals surface area contributed by atoms with E-state index in [1.165, 1.54) is 0 Å². The second-order valence-electron chi connectivity index (χ2n) is 7.88. The zero-order chi connectivity index (χ0) is 21.8. The molecule has 1 amide bonds. The summed E-state index contributed by atoms with van der Waals surface area (Å²) in [5, 5.41) is 3.03. The van der Waals surface area contributed by atoms with Gasteiger partial charge in [-0.05, 0) is 50.8 Å². The van der Waals surface area contributed by atoms with E-state index in [4.69, 9.17) is 14.5 Å². The Balaban J connectivity index is 1.47. The molecule has 8 heteroatoms. The molecule has 0 unspecified atom stereocenters. The van der Waals surface area contributed by atoms with Gasteiger partial charge in [0.05, 0.1) is 24.5 Å². The molecule has 0 bridgehead atoms. The summed E-state index contributed by atoms with van der Waals surface area (Å²) in [6, 6.07) is 7.25. The third-order valence-electron chi connectivity index (χ3n) is 5.91. The summed E-state index contributed by atoms with van der Waals surface area (Å²) in [7, 11) is 0. The Kier molecular flexibility index (Phi) is 6.18. The summed E-state index contributed by atoms with van der Waals surface area (Å²) in [5.74, 6) is 0.329. The average molecular weight is 425 g/mol. The Hall–Kier alpha value is -3.00. The van der Waals surface area contributed by atoms with Crippen LogP contribution in [-0.2, 0) is 26.3 Å². The zero-order valence-corrected chi connectivity index (χ0v) is 18.0. The number of ether oxygens (including phenoxy) is 2. The third kappa shape index (κ3) is 4.39. The van der Waals surface area contributed by atoms with Crippen molar-refractivity contribution >= 4 is 17.6 Å². The van der Waals surface area contributed by atoms with Gasteiger partial charge in [0.2, 0.25) is 0 Å². The van der Waals surface area contributed by atoms with Crippen LogP contribution >= 0.6 is 0 Å². The van der Waals surface area contributed by atoms with Crippen molar-refractivity contribution in [2.75, 3.05) is 38.2 Å². The fourth-order valence-corrected chi connectivity index (χ4v) is 4.32. The Morgan fingerprint density at radius 1 is 1.26 bits per heavy atom. The lowest BCUT2D eigenvalue weighted by molar-refractivity contribution is -0.140. The number of likely N-dealkylation sites (tertiary alicyclic amines) is 1. The summed E-state index contributed by atoms with van der Waals surface area (Å²) >= 11 is 0. The maximum atomic E-state index is 13.3. The number of aryl methyl sites for hydroxylation is 1. The smallest absolute Gasteiger partial charge is 0.325 e. The number of nitrogens with one attached hydrogen (secondary N) is 1. The maximum Gasteiger partial charge on any atom is 0.325 e. The normalized spacial score (nSPS) is 17.2. The summed E-state index contributed by atoms with van der Waals surface area (Å²) in [5.41, 5.74) is 2.86. The van der Waals surface area contributed by atoms with Gasteiger partial charge < -0.3 is 19.7 Å². The molecule has 0 radical (unpaired) electrons. The first-order valence-corrected chi connectivity index (χ1v) is 10.8. The van der Waals surface area contributed by atoms with Crippen molar-refractivity contribution in [1.82, 2.24) is 14.9 Å². The Labute approximate surface area is 182 Å². The minimum Gasteiger partial charge on any atom is -0.465 e. The zero-order valence-electron chi connectivity index (χ0n) is 18.0. The van der Waals surface area contributed by atoms with Gasteiger partial charge in [0, 0.05) is 25.0 Å². The van der Waals surface area contributed by atoms with Crippen molar-refractivity contribution in [3.8, 4) is 0 Å². The first-order valence-electron chi connectivity index (χ1n) is 10.8. The number of anilines is 1. The Bertz CT molecular complexity index is 970. The van der Waals surface area contributed by atoms with E-state index in [1.807, 2.05) is 30.2 Å². The van der Waals surface area contributed by atoms with Gasteiger partial charge >= 0.3 is 5.97 Å². The van der Waals surface area contributed by atoms with Gasteiger partial charge in [-0.2, -0.15) is 0 Å². The van der Waals surface area contributed by atoms with E-state index in [9.17, 15) is 9.59 Å². The van der Waals surface area contributed by atoms with E-state index < -0.39 is 5.60 Å². The van der Waals surface area contributed by atoms with Crippen LogP contribution in [0.5, 0.6) is 0 Å². The number of hydrogen-bond acceptors (Lipinski definition) is 7. The van der Waals surface area contributed by atoms with E-state index in [-0.39, 0.29) is 18.4 Å². The highest BCUT2D eigenvalue weighted by molar-refractivity contribution is 6.00. The molecular weight excluding hydrogens is 396 g/mol. The number of amides is 1. The fraction of sp³-hybridized carbons (Fsp3) is 0.478. The summed E-state index contributed by atoms with van der Waals surface area (Å²) in [4.78, 5) is 35.8. The fourth-order valence-electron chi connectivity index (χ4n) is 4.32. The van der Waals surface area contributed by atoms with E-state index in [0.29, 0.717) is 50.4 Å². The molecule has 1 spiro atoms. The van der Waals surface area contributed by atoms with Gasteiger partial charge in [-0.25, -0.2) is 9.97 Å². The van der Waals surface area contributed by atoms with Crippen molar-refractivity contribution in [3.63, 3.8) is 0 Å². The molecule has 1 fully saturated rings. The molecule has 164 valence electrons. The number of benzene rings is 1. The number of hydrogen-bond donors (Lipinski definition) is 1. The van der Waals surface area contributed by atoms with Crippen LogP contribution < -0.4 is 5.32 Å². The molecule has 0 saturated carbocycles. The van der Waals surface area contributed by atoms with Gasteiger partial charge in [-0.3, -0.25) is 9.59 Å². The maximum absolute atomic E-state index is 13.3. The predicted octanol–water partition coefficient (Wildman–Crippen LogP) is 2.46. The number of nitrogens with zero attached hydrogens (tertiary/aromatic N) is 3. The SMILES string of the molecule is CCOC(=O)CNc1ccccc1C(=O)N1CCC2(CC1)OCCc1cnc(C)nc12. The number of aromatic nitrogens is 2. The predicted molar refractivity (Wildman–Crippen MR) is 115 cm³/mol. The molecule has 1 N–H and O–H groups in total. The summed E-state index contributed by atoms with van der Waals surface area (Å²) in [6.07, 6.45) is 4.12. The second kappa shape index (κ2) is 9.01. The lowest BCUT2D eigenvalue weighted by atomic mass is 9.83. The number of piperidine rings is 1. The van der Waals surface area contributed by atoms with Crippen LogP contribution in [0.4, 0.5) is 5.69 Å². The van der Waals surface area contributed by atoms with E-state index >= 15 is 0 Å². The average Bonchev–Trinajstić information content (AvgIpc) is 2.79. The Morgan fingerprint density at radius 2 is 2.03 bits per heavy atom. The highest BCUT2D eigenvalue weighted by Crippen LogP contribution is 2.40. The van der Waals surface area contributed by atoms with Crippen LogP contribution in [0.2, 0.25) is 0 Å². The van der Waals surface area contributed by atoms with E-state index in [0.717, 1.165) is 23.5 Å². The molecular formula is C23H28N4O4. The van der Waals surface area contributed by atoms with Crippen molar-refractivity contribution < 1.29 is 19.1 Å². The van der Waals surface area contributed by atoms with Crippen LogP contribution in [0, 0.1) is 6.92 Å². The number of fused-ring (bicyclic) bond motifs is 2.